The summed E-state index contributed by atoms with van der Waals surface area (Å²) in [4.78, 5) is 16.8. The Morgan fingerprint density at radius 2 is 1.95 bits per heavy atom. The van der Waals surface area contributed by atoms with Gasteiger partial charge in [-0.25, -0.2) is 4.79 Å². The third-order valence-electron chi connectivity index (χ3n) is 2.93. The molecule has 100 valence electrons. The molecule has 5 heteroatoms. The Hall–Kier alpha value is -2.69. The van der Waals surface area contributed by atoms with Crippen LogP contribution in [0.5, 0.6) is 0 Å². The lowest BCUT2D eigenvalue weighted by atomic mass is 10.0. The van der Waals surface area contributed by atoms with Crippen LogP contribution in [-0.2, 0) is 4.79 Å². The zero-order valence-electron chi connectivity index (χ0n) is 11.2. The second-order valence-corrected chi connectivity index (χ2v) is 4.58. The van der Waals surface area contributed by atoms with Gasteiger partial charge in [0.1, 0.15) is 11.0 Å². The van der Waals surface area contributed by atoms with Gasteiger partial charge in [0.05, 0.1) is 0 Å². The third kappa shape index (κ3) is 2.25. The van der Waals surface area contributed by atoms with Gasteiger partial charge in [-0.3, -0.25) is 0 Å². The van der Waals surface area contributed by atoms with Crippen LogP contribution in [0, 0.1) is 6.92 Å². The Kier molecular flexibility index (Phi) is 2.95. The van der Waals surface area contributed by atoms with Gasteiger partial charge in [-0.15, -0.1) is 10.2 Å². The second kappa shape index (κ2) is 4.77. The normalized spacial score (nSPS) is 10.7. The van der Waals surface area contributed by atoms with Crippen LogP contribution in [0.15, 0.2) is 42.5 Å². The fourth-order valence-electron chi connectivity index (χ4n) is 2.12. The number of fused-ring (bicyclic) bond motifs is 1. The van der Waals surface area contributed by atoms with Crippen LogP contribution in [0.25, 0.3) is 22.2 Å². The highest BCUT2D eigenvalue weighted by molar-refractivity contribution is 5.91. The van der Waals surface area contributed by atoms with Crippen molar-refractivity contribution >= 4 is 17.0 Å². The summed E-state index contributed by atoms with van der Waals surface area (Å²) in [6.07, 6.45) is 0. The van der Waals surface area contributed by atoms with Gasteiger partial charge in [-0.05, 0) is 18.6 Å². The number of hydrogen-bond acceptors (Lipinski definition) is 4. The number of carbonyl (C=O) groups is 1. The van der Waals surface area contributed by atoms with Crippen molar-refractivity contribution in [3.8, 4) is 11.1 Å². The molecule has 5 nitrogen and oxygen atoms in total. The summed E-state index contributed by atoms with van der Waals surface area (Å²) in [5, 5.41) is 8.35. The zero-order chi connectivity index (χ0) is 14.1. The smallest absolute Gasteiger partial charge is 0.302 e. The Labute approximate surface area is 115 Å². The molecule has 0 atom stereocenters. The number of carbonyl (C=O) groups excluding carboxylic acids is 1. The molecule has 0 bridgehead atoms. The predicted molar refractivity (Wildman–Crippen MR) is 75.0 cm³/mol. The lowest BCUT2D eigenvalue weighted by Gasteiger charge is -2.02. The van der Waals surface area contributed by atoms with Crippen molar-refractivity contribution in [2.45, 2.75) is 13.8 Å². The van der Waals surface area contributed by atoms with Crippen molar-refractivity contribution < 1.29 is 9.63 Å². The predicted octanol–water partition coefficient (Wildman–Crippen LogP) is 2.38. The Balaban J connectivity index is 2.16. The lowest BCUT2D eigenvalue weighted by Crippen LogP contribution is -2.18. The molecular formula is C15H13N3O2. The number of hydrogen-bond donors (Lipinski definition) is 0. The largest absolute Gasteiger partial charge is 0.333 e. The first-order chi connectivity index (χ1) is 9.63. The van der Waals surface area contributed by atoms with Crippen LogP contribution >= 0.6 is 0 Å². The van der Waals surface area contributed by atoms with Crippen LogP contribution in [0.2, 0.25) is 0 Å². The van der Waals surface area contributed by atoms with Crippen LogP contribution in [0.1, 0.15) is 12.5 Å². The van der Waals surface area contributed by atoms with E-state index in [1.54, 1.807) is 0 Å². The van der Waals surface area contributed by atoms with Gasteiger partial charge < -0.3 is 4.84 Å². The molecule has 1 aromatic heterocycles. The van der Waals surface area contributed by atoms with Crippen molar-refractivity contribution in [1.29, 1.82) is 0 Å². The molecule has 0 aliphatic heterocycles. The SMILES string of the molecule is CC(=O)On1nc2cccc(-c3cccc(C)c3)c2n1. The first-order valence-electron chi connectivity index (χ1n) is 6.25. The highest BCUT2D eigenvalue weighted by Gasteiger charge is 2.10. The molecule has 0 aliphatic rings. The minimum Gasteiger partial charge on any atom is -0.302 e. The maximum Gasteiger partial charge on any atom is 0.333 e. The van der Waals surface area contributed by atoms with Gasteiger partial charge in [-0.2, -0.15) is 0 Å². The molecule has 0 unspecified atom stereocenters. The number of rotatable bonds is 2. The van der Waals surface area contributed by atoms with Crippen molar-refractivity contribution in [1.82, 2.24) is 15.2 Å². The van der Waals surface area contributed by atoms with E-state index in [4.69, 9.17) is 4.84 Å². The molecule has 0 radical (unpaired) electrons. The van der Waals surface area contributed by atoms with Gasteiger partial charge in [0.15, 0.2) is 0 Å². The topological polar surface area (TPSA) is 57.0 Å². The fraction of sp³-hybridized carbons (Fsp3) is 0.133. The summed E-state index contributed by atoms with van der Waals surface area (Å²) in [6.45, 7) is 3.36. The monoisotopic (exact) mass is 267 g/mol. The Bertz CT molecular complexity index is 793. The molecule has 3 aromatic rings. The summed E-state index contributed by atoms with van der Waals surface area (Å²) in [5.74, 6) is -0.456. The van der Waals surface area contributed by atoms with E-state index >= 15 is 0 Å². The quantitative estimate of drug-likeness (QED) is 0.715. The van der Waals surface area contributed by atoms with Crippen LogP contribution in [0.3, 0.4) is 0 Å². The molecule has 20 heavy (non-hydrogen) atoms. The summed E-state index contributed by atoms with van der Waals surface area (Å²) in [5.41, 5.74) is 4.59. The third-order valence-corrected chi connectivity index (χ3v) is 2.93. The first-order valence-corrected chi connectivity index (χ1v) is 6.25. The van der Waals surface area contributed by atoms with E-state index in [2.05, 4.69) is 16.3 Å². The number of nitrogens with zero attached hydrogens (tertiary/aromatic N) is 3. The van der Waals surface area contributed by atoms with E-state index in [9.17, 15) is 4.79 Å². The molecule has 0 saturated heterocycles. The highest BCUT2D eigenvalue weighted by Crippen LogP contribution is 2.26. The van der Waals surface area contributed by atoms with E-state index < -0.39 is 5.97 Å². The minimum atomic E-state index is -0.456. The average molecular weight is 267 g/mol. The second-order valence-electron chi connectivity index (χ2n) is 4.58. The average Bonchev–Trinajstić information content (AvgIpc) is 2.79. The number of aryl methyl sites for hydroxylation is 1. The molecule has 0 fully saturated rings. The van der Waals surface area contributed by atoms with Gasteiger partial charge in [0, 0.05) is 17.4 Å². The number of aromatic nitrogens is 3. The zero-order valence-corrected chi connectivity index (χ0v) is 11.2. The van der Waals surface area contributed by atoms with Gasteiger partial charge in [0.25, 0.3) is 0 Å². The van der Waals surface area contributed by atoms with Gasteiger partial charge >= 0.3 is 5.97 Å². The van der Waals surface area contributed by atoms with E-state index in [0.29, 0.717) is 11.0 Å². The van der Waals surface area contributed by atoms with Crippen LogP contribution in [-0.4, -0.2) is 21.1 Å². The molecule has 0 saturated carbocycles. The standard InChI is InChI=1S/C15H13N3O2/c1-10-5-3-6-12(9-10)13-7-4-8-14-15(13)17-18(16-14)20-11(2)19/h3-9H,1-2H3. The first kappa shape index (κ1) is 12.3. The molecular weight excluding hydrogens is 254 g/mol. The lowest BCUT2D eigenvalue weighted by molar-refractivity contribution is -0.144. The Morgan fingerprint density at radius 1 is 1.15 bits per heavy atom. The fourth-order valence-corrected chi connectivity index (χ4v) is 2.12. The van der Waals surface area contributed by atoms with Crippen LogP contribution < -0.4 is 4.84 Å². The van der Waals surface area contributed by atoms with E-state index in [0.717, 1.165) is 16.1 Å². The summed E-state index contributed by atoms with van der Waals surface area (Å²) in [6, 6.07) is 13.9. The van der Waals surface area contributed by atoms with Gasteiger partial charge in [-0.1, -0.05) is 42.0 Å². The van der Waals surface area contributed by atoms with E-state index in [-0.39, 0.29) is 0 Å². The maximum atomic E-state index is 11.0. The minimum absolute atomic E-state index is 0.456. The molecule has 0 N–H and O–H groups in total. The summed E-state index contributed by atoms with van der Waals surface area (Å²) in [7, 11) is 0. The maximum absolute atomic E-state index is 11.0. The Morgan fingerprint density at radius 3 is 2.70 bits per heavy atom. The van der Waals surface area contributed by atoms with Crippen molar-refractivity contribution in [3.63, 3.8) is 0 Å². The molecule has 3 rings (SSSR count). The molecule has 0 amide bonds. The van der Waals surface area contributed by atoms with E-state index in [1.165, 1.54) is 12.5 Å². The molecule has 0 spiro atoms. The van der Waals surface area contributed by atoms with Gasteiger partial charge in [0.2, 0.25) is 0 Å². The van der Waals surface area contributed by atoms with Crippen molar-refractivity contribution in [2.75, 3.05) is 0 Å². The number of benzene rings is 2. The summed E-state index contributed by atoms with van der Waals surface area (Å²) < 4.78 is 0. The molecule has 2 aromatic carbocycles. The highest BCUT2D eigenvalue weighted by atomic mass is 16.7. The molecule has 1 heterocycles. The van der Waals surface area contributed by atoms with Crippen LogP contribution in [0.4, 0.5) is 0 Å². The van der Waals surface area contributed by atoms with E-state index in [1.807, 2.05) is 43.3 Å². The van der Waals surface area contributed by atoms with Crippen molar-refractivity contribution in [3.05, 3.63) is 48.0 Å². The summed E-state index contributed by atoms with van der Waals surface area (Å²) >= 11 is 0. The van der Waals surface area contributed by atoms with Crippen molar-refractivity contribution in [2.24, 2.45) is 0 Å². The molecule has 0 aliphatic carbocycles.